The van der Waals surface area contributed by atoms with Crippen LogP contribution in [0.2, 0.25) is 0 Å². The van der Waals surface area contributed by atoms with Crippen molar-refractivity contribution in [3.8, 4) is 11.1 Å². The predicted molar refractivity (Wildman–Crippen MR) is 88.2 cm³/mol. The Kier molecular flexibility index (Phi) is 5.00. The quantitative estimate of drug-likeness (QED) is 0.678. The molecular weight excluding hydrogens is 240 g/mol. The van der Waals surface area contributed by atoms with Crippen LogP contribution in [-0.4, -0.2) is 0 Å². The summed E-state index contributed by atoms with van der Waals surface area (Å²) in [5.41, 5.74) is 8.49. The van der Waals surface area contributed by atoms with E-state index in [-0.39, 0.29) is 0 Å². The predicted octanol–water partition coefficient (Wildman–Crippen LogP) is 5.40. The van der Waals surface area contributed by atoms with E-state index in [9.17, 15) is 0 Å². The summed E-state index contributed by atoms with van der Waals surface area (Å²) in [7, 11) is 0. The number of hydrogen-bond donors (Lipinski definition) is 0. The van der Waals surface area contributed by atoms with Crippen molar-refractivity contribution in [3.05, 3.63) is 58.7 Å². The van der Waals surface area contributed by atoms with Gasteiger partial charge in [-0.15, -0.1) is 0 Å². The molecule has 0 saturated carbocycles. The minimum atomic E-state index is 1.08. The molecular formula is C20H25. The van der Waals surface area contributed by atoms with Crippen molar-refractivity contribution in [2.75, 3.05) is 0 Å². The van der Waals surface area contributed by atoms with E-state index < -0.39 is 0 Å². The minimum absolute atomic E-state index is 1.08. The number of hydrogen-bond acceptors (Lipinski definition) is 0. The van der Waals surface area contributed by atoms with Crippen LogP contribution in [0.1, 0.15) is 49.9 Å². The maximum atomic E-state index is 3.47. The lowest BCUT2D eigenvalue weighted by molar-refractivity contribution is 1.03. The van der Waals surface area contributed by atoms with Crippen molar-refractivity contribution in [2.45, 2.75) is 53.4 Å². The second-order valence-electron chi connectivity index (χ2n) is 5.25. The molecule has 0 saturated heterocycles. The van der Waals surface area contributed by atoms with Crippen molar-refractivity contribution in [1.29, 1.82) is 0 Å². The standard InChI is InChI=1S/C20H25/c1-5-15-12-13-18(14-17(15)7-3)20-11-9-10-16(6-2)19(20)8-4/h9-10,12-14H,5-8H2,1-4H3. The van der Waals surface area contributed by atoms with Crippen LogP contribution in [0.3, 0.4) is 0 Å². The molecule has 0 aliphatic carbocycles. The summed E-state index contributed by atoms with van der Waals surface area (Å²) < 4.78 is 0. The molecule has 0 atom stereocenters. The molecule has 0 aliphatic heterocycles. The first-order valence-electron chi connectivity index (χ1n) is 7.89. The fourth-order valence-corrected chi connectivity index (χ4v) is 3.02. The van der Waals surface area contributed by atoms with Crippen molar-refractivity contribution in [3.63, 3.8) is 0 Å². The van der Waals surface area contributed by atoms with Crippen molar-refractivity contribution >= 4 is 0 Å². The zero-order valence-electron chi connectivity index (χ0n) is 13.2. The normalized spacial score (nSPS) is 10.8. The lowest BCUT2D eigenvalue weighted by atomic mass is 9.90. The Balaban J connectivity index is 2.56. The molecule has 2 aromatic rings. The molecule has 0 nitrogen and oxygen atoms in total. The summed E-state index contributed by atoms with van der Waals surface area (Å²) in [5.74, 6) is 0. The fraction of sp³-hybridized carbons (Fsp3) is 0.400. The second kappa shape index (κ2) is 6.74. The average Bonchev–Trinajstić information content (AvgIpc) is 2.53. The molecule has 0 bridgehead atoms. The van der Waals surface area contributed by atoms with Crippen molar-refractivity contribution in [2.24, 2.45) is 0 Å². The van der Waals surface area contributed by atoms with Crippen LogP contribution < -0.4 is 0 Å². The molecule has 0 aliphatic rings. The molecule has 2 aromatic carbocycles. The number of aryl methyl sites for hydroxylation is 3. The van der Waals surface area contributed by atoms with Crippen LogP contribution in [0.5, 0.6) is 0 Å². The van der Waals surface area contributed by atoms with Crippen LogP contribution >= 0.6 is 0 Å². The molecule has 20 heavy (non-hydrogen) atoms. The summed E-state index contributed by atoms with van der Waals surface area (Å²) >= 11 is 0. The van der Waals surface area contributed by atoms with Gasteiger partial charge in [0.2, 0.25) is 0 Å². The third-order valence-corrected chi connectivity index (χ3v) is 4.19. The van der Waals surface area contributed by atoms with Gasteiger partial charge in [0.15, 0.2) is 0 Å². The highest BCUT2D eigenvalue weighted by atomic mass is 14.1. The van der Waals surface area contributed by atoms with E-state index in [0.29, 0.717) is 0 Å². The maximum Gasteiger partial charge on any atom is -0.00703 e. The van der Waals surface area contributed by atoms with E-state index in [4.69, 9.17) is 0 Å². The monoisotopic (exact) mass is 265 g/mol. The lowest BCUT2D eigenvalue weighted by Gasteiger charge is -2.14. The first-order valence-corrected chi connectivity index (χ1v) is 7.89. The summed E-state index contributed by atoms with van der Waals surface area (Å²) in [6.45, 7) is 8.95. The van der Waals surface area contributed by atoms with Crippen LogP contribution in [0.25, 0.3) is 11.1 Å². The van der Waals surface area contributed by atoms with Gasteiger partial charge in [0, 0.05) is 0 Å². The van der Waals surface area contributed by atoms with Gasteiger partial charge in [0.25, 0.3) is 0 Å². The van der Waals surface area contributed by atoms with Crippen LogP contribution in [0.15, 0.2) is 30.3 Å². The Bertz CT molecular complexity index is 579. The Hall–Kier alpha value is -1.56. The van der Waals surface area contributed by atoms with Gasteiger partial charge < -0.3 is 0 Å². The van der Waals surface area contributed by atoms with Crippen LogP contribution in [0, 0.1) is 6.07 Å². The molecule has 0 fully saturated rings. The Morgan fingerprint density at radius 1 is 0.750 bits per heavy atom. The molecule has 1 radical (unpaired) electrons. The van der Waals surface area contributed by atoms with Gasteiger partial charge in [-0.1, -0.05) is 58.0 Å². The highest BCUT2D eigenvalue weighted by Gasteiger charge is 2.09. The molecule has 0 N–H and O–H groups in total. The summed E-state index contributed by atoms with van der Waals surface area (Å²) in [6.07, 6.45) is 4.39. The van der Waals surface area contributed by atoms with E-state index in [1.165, 1.54) is 33.4 Å². The third-order valence-electron chi connectivity index (χ3n) is 4.19. The average molecular weight is 265 g/mol. The van der Waals surface area contributed by atoms with Gasteiger partial charge in [-0.05, 0) is 65.1 Å². The fourth-order valence-electron chi connectivity index (χ4n) is 3.02. The molecule has 0 heteroatoms. The van der Waals surface area contributed by atoms with Gasteiger partial charge in [-0.25, -0.2) is 0 Å². The molecule has 2 rings (SSSR count). The van der Waals surface area contributed by atoms with Gasteiger partial charge in [-0.3, -0.25) is 0 Å². The van der Waals surface area contributed by atoms with Crippen LogP contribution in [-0.2, 0) is 25.7 Å². The van der Waals surface area contributed by atoms with Gasteiger partial charge in [0.1, 0.15) is 0 Å². The van der Waals surface area contributed by atoms with E-state index in [2.05, 4.69) is 64.1 Å². The summed E-state index contributed by atoms with van der Waals surface area (Å²) in [4.78, 5) is 0. The summed E-state index contributed by atoms with van der Waals surface area (Å²) in [6, 6.07) is 14.7. The summed E-state index contributed by atoms with van der Waals surface area (Å²) in [5, 5.41) is 0. The number of benzene rings is 2. The second-order valence-corrected chi connectivity index (χ2v) is 5.25. The minimum Gasteiger partial charge on any atom is -0.0613 e. The third kappa shape index (κ3) is 2.80. The molecule has 0 spiro atoms. The first kappa shape index (κ1) is 14.8. The van der Waals surface area contributed by atoms with E-state index in [1.807, 2.05) is 0 Å². The zero-order valence-corrected chi connectivity index (χ0v) is 13.2. The Labute approximate surface area is 123 Å². The van der Waals surface area contributed by atoms with E-state index in [0.717, 1.165) is 25.7 Å². The first-order chi connectivity index (χ1) is 9.74. The SMILES string of the molecule is CCc1ccc(-c2[c]ccc(CC)c2CC)cc1CC. The van der Waals surface area contributed by atoms with Crippen molar-refractivity contribution < 1.29 is 0 Å². The lowest BCUT2D eigenvalue weighted by Crippen LogP contribution is -1.97. The Morgan fingerprint density at radius 2 is 1.45 bits per heavy atom. The largest absolute Gasteiger partial charge is 0.0613 e. The molecule has 105 valence electrons. The highest BCUT2D eigenvalue weighted by Crippen LogP contribution is 2.29. The van der Waals surface area contributed by atoms with Crippen molar-refractivity contribution in [1.82, 2.24) is 0 Å². The van der Waals surface area contributed by atoms with E-state index >= 15 is 0 Å². The highest BCUT2D eigenvalue weighted by molar-refractivity contribution is 5.69. The molecule has 0 aromatic heterocycles. The maximum absolute atomic E-state index is 3.47. The molecule has 0 heterocycles. The van der Waals surface area contributed by atoms with Gasteiger partial charge in [-0.2, -0.15) is 0 Å². The topological polar surface area (TPSA) is 0 Å². The van der Waals surface area contributed by atoms with Crippen LogP contribution in [0.4, 0.5) is 0 Å². The molecule has 0 unspecified atom stereocenters. The Morgan fingerprint density at radius 3 is 2.05 bits per heavy atom. The smallest absolute Gasteiger partial charge is 0.00703 e. The molecule has 0 amide bonds. The van der Waals surface area contributed by atoms with E-state index in [1.54, 1.807) is 0 Å². The van der Waals surface area contributed by atoms with Gasteiger partial charge in [0.05, 0.1) is 0 Å². The number of rotatable bonds is 5. The zero-order chi connectivity index (χ0) is 14.5. The van der Waals surface area contributed by atoms with Gasteiger partial charge >= 0.3 is 0 Å².